The summed E-state index contributed by atoms with van der Waals surface area (Å²) in [6.45, 7) is 3.34. The number of carbonyl (C=O) groups is 1. The molecule has 8 heteroatoms. The van der Waals surface area contributed by atoms with Gasteiger partial charge in [-0.15, -0.1) is 0 Å². The number of benzene rings is 2. The van der Waals surface area contributed by atoms with Gasteiger partial charge >= 0.3 is 0 Å². The largest absolute Gasteiger partial charge is 0.506 e. The first-order valence-corrected chi connectivity index (χ1v) is 11.0. The number of amides is 1. The lowest BCUT2D eigenvalue weighted by atomic mass is 10.2. The highest BCUT2D eigenvalue weighted by molar-refractivity contribution is 9.11. The third-order valence-electron chi connectivity index (χ3n) is 3.88. The number of hydrogen-bond acceptors (Lipinski definition) is 5. The number of rotatable bonds is 6. The number of phenolic OH excluding ortho intramolecular Hbond substituents is 1. The van der Waals surface area contributed by atoms with Crippen LogP contribution in [0.15, 0.2) is 61.3 Å². The van der Waals surface area contributed by atoms with Crippen LogP contribution in [-0.4, -0.2) is 40.8 Å². The molecule has 0 bridgehead atoms. The SMILES string of the molecule is CCOCCN1C(=O)/C(=C/c2cc(Br)cc(Br)c2O)SC1=Nc1ccccc1. The lowest BCUT2D eigenvalue weighted by Crippen LogP contribution is -2.32. The summed E-state index contributed by atoms with van der Waals surface area (Å²) in [6.07, 6.45) is 1.68. The molecule has 1 heterocycles. The molecule has 1 N–H and O–H groups in total. The van der Waals surface area contributed by atoms with Gasteiger partial charge in [-0.05, 0) is 65.0 Å². The molecular weight excluding hydrogens is 508 g/mol. The molecule has 1 fully saturated rings. The van der Waals surface area contributed by atoms with E-state index in [1.165, 1.54) is 11.8 Å². The highest BCUT2D eigenvalue weighted by atomic mass is 79.9. The summed E-state index contributed by atoms with van der Waals surface area (Å²) >= 11 is 8.01. The molecule has 1 aliphatic heterocycles. The van der Waals surface area contributed by atoms with Gasteiger partial charge in [-0.1, -0.05) is 34.1 Å². The van der Waals surface area contributed by atoms with Crippen molar-refractivity contribution in [3.63, 3.8) is 0 Å². The van der Waals surface area contributed by atoms with Crippen LogP contribution in [0.25, 0.3) is 6.08 Å². The summed E-state index contributed by atoms with van der Waals surface area (Å²) < 4.78 is 6.76. The first-order chi connectivity index (χ1) is 13.5. The standard InChI is InChI=1S/C20H18Br2N2O3S/c1-2-27-9-8-24-19(26)17(11-13-10-14(21)12-16(22)18(13)25)28-20(24)23-15-6-4-3-5-7-15/h3-7,10-12,25H,2,8-9H2,1H3/b17-11-,23-20?. The van der Waals surface area contributed by atoms with Gasteiger partial charge in [0.25, 0.3) is 5.91 Å². The van der Waals surface area contributed by atoms with Crippen molar-refractivity contribution in [3.8, 4) is 5.75 Å². The Labute approximate surface area is 184 Å². The van der Waals surface area contributed by atoms with E-state index >= 15 is 0 Å². The Bertz CT molecular complexity index is 933. The number of phenols is 1. The van der Waals surface area contributed by atoms with Gasteiger partial charge in [0.05, 0.1) is 28.2 Å². The van der Waals surface area contributed by atoms with E-state index < -0.39 is 0 Å². The number of hydrogen-bond donors (Lipinski definition) is 1. The molecule has 2 aromatic rings. The van der Waals surface area contributed by atoms with Crippen molar-refractivity contribution in [1.29, 1.82) is 0 Å². The molecular formula is C20H18Br2N2O3S. The Morgan fingerprint density at radius 1 is 1.25 bits per heavy atom. The minimum absolute atomic E-state index is 0.0819. The smallest absolute Gasteiger partial charge is 0.266 e. The monoisotopic (exact) mass is 524 g/mol. The minimum atomic E-state index is -0.158. The maximum atomic E-state index is 13.0. The van der Waals surface area contributed by atoms with Crippen LogP contribution >= 0.6 is 43.6 Å². The van der Waals surface area contributed by atoms with Gasteiger partial charge in [-0.2, -0.15) is 0 Å². The molecule has 0 saturated carbocycles. The zero-order chi connectivity index (χ0) is 20.1. The van der Waals surface area contributed by atoms with Gasteiger partial charge in [0, 0.05) is 16.6 Å². The van der Waals surface area contributed by atoms with Crippen LogP contribution in [-0.2, 0) is 9.53 Å². The molecule has 146 valence electrons. The lowest BCUT2D eigenvalue weighted by molar-refractivity contribution is -0.122. The number of aliphatic imine (C=N–C) groups is 1. The number of amidine groups is 1. The quantitative estimate of drug-likeness (QED) is 0.396. The third kappa shape index (κ3) is 5.05. The van der Waals surface area contributed by atoms with Crippen molar-refractivity contribution in [1.82, 2.24) is 4.90 Å². The molecule has 1 saturated heterocycles. The predicted molar refractivity (Wildman–Crippen MR) is 121 cm³/mol. The third-order valence-corrected chi connectivity index (χ3v) is 5.95. The van der Waals surface area contributed by atoms with Crippen LogP contribution in [0.3, 0.4) is 0 Å². The fourth-order valence-corrected chi connectivity index (χ4v) is 4.81. The van der Waals surface area contributed by atoms with E-state index in [9.17, 15) is 9.90 Å². The van der Waals surface area contributed by atoms with Crippen LogP contribution in [0.4, 0.5) is 5.69 Å². The van der Waals surface area contributed by atoms with Crippen molar-refractivity contribution in [2.24, 2.45) is 4.99 Å². The number of para-hydroxylation sites is 1. The summed E-state index contributed by atoms with van der Waals surface area (Å²) in [5, 5.41) is 10.9. The van der Waals surface area contributed by atoms with Crippen molar-refractivity contribution >= 4 is 66.5 Å². The number of ether oxygens (including phenoxy) is 1. The van der Waals surface area contributed by atoms with Gasteiger partial charge in [-0.25, -0.2) is 4.99 Å². The Hall–Kier alpha value is -1.61. The van der Waals surface area contributed by atoms with Gasteiger partial charge in [0.2, 0.25) is 0 Å². The topological polar surface area (TPSA) is 62.1 Å². The molecule has 1 amide bonds. The van der Waals surface area contributed by atoms with E-state index in [1.54, 1.807) is 23.1 Å². The van der Waals surface area contributed by atoms with Crippen molar-refractivity contribution in [2.75, 3.05) is 19.8 Å². The molecule has 0 radical (unpaired) electrons. The summed E-state index contributed by atoms with van der Waals surface area (Å²) in [4.78, 5) is 19.7. The van der Waals surface area contributed by atoms with Crippen LogP contribution in [0, 0.1) is 0 Å². The van der Waals surface area contributed by atoms with E-state index in [1.807, 2.05) is 37.3 Å². The molecule has 0 aromatic heterocycles. The number of aromatic hydroxyl groups is 1. The van der Waals surface area contributed by atoms with Crippen molar-refractivity contribution < 1.29 is 14.6 Å². The average molecular weight is 526 g/mol. The number of nitrogens with zero attached hydrogens (tertiary/aromatic N) is 2. The van der Waals surface area contributed by atoms with Crippen molar-refractivity contribution in [3.05, 3.63) is 61.9 Å². The van der Waals surface area contributed by atoms with Gasteiger partial charge in [0.1, 0.15) is 5.75 Å². The highest BCUT2D eigenvalue weighted by Crippen LogP contribution is 2.38. The molecule has 28 heavy (non-hydrogen) atoms. The van der Waals surface area contributed by atoms with Crippen LogP contribution in [0.5, 0.6) is 5.75 Å². The second-order valence-electron chi connectivity index (χ2n) is 5.82. The maximum Gasteiger partial charge on any atom is 0.266 e. The Kier molecular flexibility index (Phi) is 7.34. The predicted octanol–water partition coefficient (Wildman–Crippen LogP) is 5.56. The first-order valence-electron chi connectivity index (χ1n) is 8.60. The van der Waals surface area contributed by atoms with E-state index in [2.05, 4.69) is 36.9 Å². The van der Waals surface area contributed by atoms with Crippen LogP contribution in [0.2, 0.25) is 0 Å². The van der Waals surface area contributed by atoms with Gasteiger partial charge in [0.15, 0.2) is 5.17 Å². The molecule has 2 aromatic carbocycles. The lowest BCUT2D eigenvalue weighted by Gasteiger charge is -2.15. The maximum absolute atomic E-state index is 13.0. The number of carbonyl (C=O) groups excluding carboxylic acids is 1. The van der Waals surface area contributed by atoms with Gasteiger partial charge < -0.3 is 9.84 Å². The zero-order valence-electron chi connectivity index (χ0n) is 15.1. The summed E-state index contributed by atoms with van der Waals surface area (Å²) in [5.74, 6) is -0.0757. The zero-order valence-corrected chi connectivity index (χ0v) is 19.1. The fraction of sp³-hybridized carbons (Fsp3) is 0.200. The van der Waals surface area contributed by atoms with Crippen molar-refractivity contribution in [2.45, 2.75) is 6.92 Å². The first kappa shape index (κ1) is 21.1. The normalized spacial score (nSPS) is 17.1. The van der Waals surface area contributed by atoms with E-state index in [0.717, 1.165) is 10.2 Å². The van der Waals surface area contributed by atoms with Crippen LogP contribution in [0.1, 0.15) is 12.5 Å². The summed E-state index contributed by atoms with van der Waals surface area (Å²) in [6, 6.07) is 13.0. The minimum Gasteiger partial charge on any atom is -0.506 e. The molecule has 0 unspecified atom stereocenters. The fourth-order valence-electron chi connectivity index (χ4n) is 2.54. The number of halogens is 2. The van der Waals surface area contributed by atoms with E-state index in [0.29, 0.717) is 39.9 Å². The molecule has 5 nitrogen and oxygen atoms in total. The summed E-state index contributed by atoms with van der Waals surface area (Å²) in [5.41, 5.74) is 1.32. The Morgan fingerprint density at radius 2 is 2.00 bits per heavy atom. The second kappa shape index (κ2) is 9.73. The Morgan fingerprint density at radius 3 is 2.71 bits per heavy atom. The van der Waals surface area contributed by atoms with Crippen LogP contribution < -0.4 is 0 Å². The second-order valence-corrected chi connectivity index (χ2v) is 8.60. The van der Waals surface area contributed by atoms with Gasteiger partial charge in [-0.3, -0.25) is 9.69 Å². The molecule has 0 atom stereocenters. The molecule has 0 spiro atoms. The average Bonchev–Trinajstić information content (AvgIpc) is 2.95. The highest BCUT2D eigenvalue weighted by Gasteiger charge is 2.33. The molecule has 3 rings (SSSR count). The molecule has 0 aliphatic carbocycles. The van der Waals surface area contributed by atoms with E-state index in [4.69, 9.17) is 4.74 Å². The summed E-state index contributed by atoms with van der Waals surface area (Å²) in [7, 11) is 0. The number of thioether (sulfide) groups is 1. The van der Waals surface area contributed by atoms with E-state index in [-0.39, 0.29) is 11.7 Å². The Balaban J connectivity index is 1.96. The molecule has 1 aliphatic rings.